The third-order valence-electron chi connectivity index (χ3n) is 2.36. The van der Waals surface area contributed by atoms with Gasteiger partial charge in [0.05, 0.1) is 10.8 Å². The van der Waals surface area contributed by atoms with Gasteiger partial charge in [0.2, 0.25) is 0 Å². The first kappa shape index (κ1) is 12.6. The lowest BCUT2D eigenvalue weighted by molar-refractivity contribution is 0.496. The molecule has 1 aromatic heterocycles. The lowest BCUT2D eigenvalue weighted by atomic mass is 10.1. The monoisotopic (exact) mass is 249 g/mol. The van der Waals surface area contributed by atoms with Gasteiger partial charge in [-0.05, 0) is 6.92 Å². The van der Waals surface area contributed by atoms with Gasteiger partial charge in [0.15, 0.2) is 9.84 Å². The molecule has 2 unspecified atom stereocenters. The fraction of sp³-hybridized carbons (Fsp3) is 0.625. The summed E-state index contributed by atoms with van der Waals surface area (Å²) in [6.45, 7) is 1.65. The van der Waals surface area contributed by atoms with Gasteiger partial charge in [-0.1, -0.05) is 0 Å². The molecule has 0 aliphatic rings. The number of nitrogens with zero attached hydrogens (tertiary/aromatic N) is 1. The molecule has 0 aliphatic carbocycles. The molecule has 15 heavy (non-hydrogen) atoms. The number of sulfone groups is 1. The average Bonchev–Trinajstić information content (AvgIpc) is 2.64. The predicted molar refractivity (Wildman–Crippen MR) is 61.2 cm³/mol. The Morgan fingerprint density at radius 2 is 2.33 bits per heavy atom. The van der Waals surface area contributed by atoms with Gasteiger partial charge >= 0.3 is 0 Å². The van der Waals surface area contributed by atoms with Crippen molar-refractivity contribution in [3.63, 3.8) is 0 Å². The quantitative estimate of drug-likeness (QED) is 0.564. The van der Waals surface area contributed by atoms with Gasteiger partial charge in [-0.2, -0.15) is 0 Å². The topological polar surface area (TPSA) is 85.1 Å². The van der Waals surface area contributed by atoms with E-state index in [0.717, 1.165) is 4.88 Å². The molecule has 1 aromatic rings. The van der Waals surface area contributed by atoms with Crippen LogP contribution in [0.3, 0.4) is 0 Å². The zero-order valence-electron chi connectivity index (χ0n) is 8.67. The predicted octanol–water partition coefficient (Wildman–Crippen LogP) is -0.0494. The summed E-state index contributed by atoms with van der Waals surface area (Å²) < 4.78 is 22.7. The first-order valence-electron chi connectivity index (χ1n) is 4.47. The van der Waals surface area contributed by atoms with Crippen molar-refractivity contribution in [2.45, 2.75) is 24.6 Å². The molecule has 0 saturated carbocycles. The van der Waals surface area contributed by atoms with E-state index >= 15 is 0 Å². The summed E-state index contributed by atoms with van der Waals surface area (Å²) in [5.74, 6) is 5.36. The number of thiazole rings is 1. The van der Waals surface area contributed by atoms with Gasteiger partial charge in [-0.3, -0.25) is 16.3 Å². The van der Waals surface area contributed by atoms with Gasteiger partial charge < -0.3 is 0 Å². The fourth-order valence-corrected chi connectivity index (χ4v) is 2.64. The summed E-state index contributed by atoms with van der Waals surface area (Å²) in [6, 6.07) is -0.277. The maximum absolute atomic E-state index is 11.4. The van der Waals surface area contributed by atoms with Crippen molar-refractivity contribution in [3.05, 3.63) is 16.6 Å². The smallest absolute Gasteiger partial charge is 0.151 e. The normalized spacial score (nSPS) is 16.2. The van der Waals surface area contributed by atoms with Crippen LogP contribution in [0.25, 0.3) is 0 Å². The minimum absolute atomic E-state index is 0.277. The molecular formula is C8H15N3O2S2. The third-order valence-corrected chi connectivity index (χ3v) is 4.84. The van der Waals surface area contributed by atoms with Crippen LogP contribution in [0.15, 0.2) is 11.7 Å². The largest absolute Gasteiger partial charge is 0.271 e. The molecule has 0 aromatic carbocycles. The molecule has 5 nitrogen and oxygen atoms in total. The third kappa shape index (κ3) is 3.53. The summed E-state index contributed by atoms with van der Waals surface area (Å²) in [5, 5.41) is -0.510. The standard InChI is InChI=1S/C8H15N3O2S2/c1-6(15(2,12)13)8(11-9)3-7-4-10-5-14-7/h4-6,8,11H,3,9H2,1-2H3. The van der Waals surface area contributed by atoms with Gasteiger partial charge in [-0.25, -0.2) is 8.42 Å². The van der Waals surface area contributed by atoms with Gasteiger partial charge in [0.25, 0.3) is 0 Å². The molecule has 1 rings (SSSR count). The molecule has 0 fully saturated rings. The number of nitrogens with two attached hydrogens (primary N) is 1. The van der Waals surface area contributed by atoms with E-state index in [1.165, 1.54) is 17.6 Å². The second kappa shape index (κ2) is 5.02. The van der Waals surface area contributed by atoms with E-state index in [-0.39, 0.29) is 6.04 Å². The van der Waals surface area contributed by atoms with Crippen LogP contribution < -0.4 is 11.3 Å². The van der Waals surface area contributed by atoms with Crippen molar-refractivity contribution in [2.24, 2.45) is 5.84 Å². The molecule has 2 atom stereocenters. The molecule has 7 heteroatoms. The SMILES string of the molecule is CC(C(Cc1cncs1)NN)S(C)(=O)=O. The van der Waals surface area contributed by atoms with Crippen LogP contribution >= 0.6 is 11.3 Å². The van der Waals surface area contributed by atoms with Gasteiger partial charge in [-0.15, -0.1) is 11.3 Å². The highest BCUT2D eigenvalue weighted by Crippen LogP contribution is 2.13. The van der Waals surface area contributed by atoms with E-state index in [0.29, 0.717) is 6.42 Å². The maximum atomic E-state index is 11.4. The average molecular weight is 249 g/mol. The summed E-state index contributed by atoms with van der Waals surface area (Å²) >= 11 is 1.49. The summed E-state index contributed by atoms with van der Waals surface area (Å²) in [6.07, 6.45) is 3.52. The Hall–Kier alpha value is -0.500. The van der Waals surface area contributed by atoms with E-state index in [2.05, 4.69) is 10.4 Å². The Bertz CT molecular complexity index is 388. The van der Waals surface area contributed by atoms with E-state index in [1.54, 1.807) is 18.6 Å². The Labute approximate surface area is 93.6 Å². The second-order valence-electron chi connectivity index (χ2n) is 3.48. The Kier molecular flexibility index (Phi) is 4.21. The number of hydrazine groups is 1. The molecule has 1 heterocycles. The van der Waals surface area contributed by atoms with Crippen LogP contribution in [0.4, 0.5) is 0 Å². The summed E-state index contributed by atoms with van der Waals surface area (Å²) in [5.41, 5.74) is 4.26. The minimum atomic E-state index is -3.08. The van der Waals surface area contributed by atoms with Crippen molar-refractivity contribution >= 4 is 21.2 Å². The lowest BCUT2D eigenvalue weighted by Gasteiger charge is -2.20. The summed E-state index contributed by atoms with van der Waals surface area (Å²) in [7, 11) is -3.08. The molecule has 0 aliphatic heterocycles. The zero-order valence-corrected chi connectivity index (χ0v) is 10.3. The molecule has 0 amide bonds. The minimum Gasteiger partial charge on any atom is -0.271 e. The number of hydrogen-bond acceptors (Lipinski definition) is 6. The van der Waals surface area contributed by atoms with Crippen LogP contribution in [0.2, 0.25) is 0 Å². The molecular weight excluding hydrogens is 234 g/mol. The van der Waals surface area contributed by atoms with E-state index in [1.807, 2.05) is 0 Å². The number of nitrogens with one attached hydrogen (secondary N) is 1. The first-order chi connectivity index (χ1) is 6.95. The molecule has 0 saturated heterocycles. The highest BCUT2D eigenvalue weighted by Gasteiger charge is 2.25. The van der Waals surface area contributed by atoms with E-state index in [4.69, 9.17) is 5.84 Å². The van der Waals surface area contributed by atoms with Crippen molar-refractivity contribution in [3.8, 4) is 0 Å². The highest BCUT2D eigenvalue weighted by atomic mass is 32.2. The van der Waals surface area contributed by atoms with E-state index in [9.17, 15) is 8.42 Å². The molecule has 0 spiro atoms. The highest BCUT2D eigenvalue weighted by molar-refractivity contribution is 7.91. The van der Waals surface area contributed by atoms with Crippen molar-refractivity contribution in [1.82, 2.24) is 10.4 Å². The van der Waals surface area contributed by atoms with E-state index < -0.39 is 15.1 Å². The van der Waals surface area contributed by atoms with Crippen LogP contribution in [0, 0.1) is 0 Å². The fourth-order valence-electron chi connectivity index (χ4n) is 1.22. The summed E-state index contributed by atoms with van der Waals surface area (Å²) in [4.78, 5) is 4.95. The van der Waals surface area contributed by atoms with Crippen LogP contribution in [-0.4, -0.2) is 30.9 Å². The number of hydrogen-bond donors (Lipinski definition) is 2. The second-order valence-corrected chi connectivity index (χ2v) is 6.85. The maximum Gasteiger partial charge on any atom is 0.151 e. The molecule has 0 bridgehead atoms. The van der Waals surface area contributed by atoms with Crippen LogP contribution in [0.5, 0.6) is 0 Å². The van der Waals surface area contributed by atoms with Gasteiger partial charge in [0, 0.05) is 29.8 Å². The lowest BCUT2D eigenvalue weighted by Crippen LogP contribution is -2.47. The zero-order chi connectivity index (χ0) is 11.5. The Morgan fingerprint density at radius 1 is 1.67 bits per heavy atom. The van der Waals surface area contributed by atoms with Crippen LogP contribution in [0.1, 0.15) is 11.8 Å². The van der Waals surface area contributed by atoms with Crippen molar-refractivity contribution < 1.29 is 8.42 Å². The van der Waals surface area contributed by atoms with Crippen molar-refractivity contribution in [2.75, 3.05) is 6.26 Å². The molecule has 3 N–H and O–H groups in total. The van der Waals surface area contributed by atoms with Gasteiger partial charge in [0.1, 0.15) is 0 Å². The Morgan fingerprint density at radius 3 is 2.73 bits per heavy atom. The van der Waals surface area contributed by atoms with Crippen molar-refractivity contribution in [1.29, 1.82) is 0 Å². The Balaban J connectivity index is 2.73. The number of aromatic nitrogens is 1. The van der Waals surface area contributed by atoms with Crippen LogP contribution in [-0.2, 0) is 16.3 Å². The number of rotatable bonds is 5. The molecule has 86 valence electrons. The molecule has 0 radical (unpaired) electrons. The first-order valence-corrected chi connectivity index (χ1v) is 7.31.